The number of H-pyrrole nitrogens is 1. The van der Waals surface area contributed by atoms with Crippen LogP contribution in [0.15, 0.2) is 21.9 Å². The van der Waals surface area contributed by atoms with Crippen molar-refractivity contribution < 1.29 is 36.3 Å². The lowest BCUT2D eigenvalue weighted by Crippen LogP contribution is -2.49. The van der Waals surface area contributed by atoms with Gasteiger partial charge in [-0.05, 0) is 6.92 Å². The molecule has 0 aliphatic heterocycles. The molecule has 2 atom stereocenters. The first-order valence-corrected chi connectivity index (χ1v) is 8.95. The molecule has 0 saturated heterocycles. The van der Waals surface area contributed by atoms with Crippen LogP contribution in [0, 0.1) is 0 Å². The minimum atomic E-state index is -5.30. The van der Waals surface area contributed by atoms with E-state index >= 15 is 0 Å². The van der Waals surface area contributed by atoms with Gasteiger partial charge in [-0.25, -0.2) is 4.79 Å². The lowest BCUT2D eigenvalue weighted by atomic mass is 10.4. The van der Waals surface area contributed by atoms with Crippen LogP contribution >= 0.6 is 7.60 Å². The maximum atomic E-state index is 13.0. The Morgan fingerprint density at radius 2 is 1.85 bits per heavy atom. The van der Waals surface area contributed by atoms with Gasteiger partial charge in [0.15, 0.2) is 6.23 Å². The Labute approximate surface area is 151 Å². The quantitative estimate of drug-likeness (QED) is 0.624. The van der Waals surface area contributed by atoms with Crippen molar-refractivity contribution in [1.82, 2.24) is 14.5 Å². The molecule has 0 saturated carbocycles. The van der Waals surface area contributed by atoms with Gasteiger partial charge in [0.25, 0.3) is 5.56 Å². The van der Waals surface area contributed by atoms with Gasteiger partial charge < -0.3 is 18.7 Å². The first-order valence-electron chi connectivity index (χ1n) is 7.34. The Bertz CT molecular complexity index is 814. The number of halogens is 3. The third kappa shape index (κ3) is 5.28. The molecule has 0 aliphatic carbocycles. The number of alkyl halides is 3. The van der Waals surface area contributed by atoms with Crippen molar-refractivity contribution in [3.8, 4) is 0 Å². The predicted octanol–water partition coefficient (Wildman–Crippen LogP) is 0.904. The monoisotopic (exact) mass is 417 g/mol. The van der Waals surface area contributed by atoms with E-state index in [4.69, 9.17) is 4.74 Å². The lowest BCUT2D eigenvalue weighted by molar-refractivity contribution is -0.188. The number of ether oxygens (including phenoxy) is 1. The third-order valence-corrected chi connectivity index (χ3v) is 5.92. The molecule has 14 heteroatoms. The Morgan fingerprint density at radius 3 is 2.26 bits per heavy atom. The van der Waals surface area contributed by atoms with E-state index in [1.165, 1.54) is 0 Å². The predicted molar refractivity (Wildman–Crippen MR) is 86.2 cm³/mol. The van der Waals surface area contributed by atoms with Gasteiger partial charge in [-0.3, -0.25) is 23.7 Å². The zero-order valence-corrected chi connectivity index (χ0v) is 15.7. The molecule has 154 valence electrons. The molecule has 0 bridgehead atoms. The van der Waals surface area contributed by atoms with Crippen molar-refractivity contribution in [2.45, 2.75) is 25.1 Å². The summed E-state index contributed by atoms with van der Waals surface area (Å²) in [5, 5.41) is 0. The molecule has 1 amide bonds. The van der Waals surface area contributed by atoms with Crippen LogP contribution in [0.25, 0.3) is 0 Å². The van der Waals surface area contributed by atoms with Crippen molar-refractivity contribution in [3.63, 3.8) is 0 Å². The Morgan fingerprint density at radius 1 is 1.30 bits per heavy atom. The highest BCUT2D eigenvalue weighted by Gasteiger charge is 2.49. The standard InChI is InChI=1S/C13H19F3N3O7P/c1-8(27(23,25-3)26-4)19(11(21)13(14,15)16)7-10(24-2)18-6-5-9(20)17-12(18)22/h5-6,8,10H,7H2,1-4H3,(H,17,20,22). The van der Waals surface area contributed by atoms with E-state index in [0.29, 0.717) is 0 Å². The van der Waals surface area contributed by atoms with Crippen molar-refractivity contribution in [2.24, 2.45) is 0 Å². The van der Waals surface area contributed by atoms with Crippen LogP contribution in [0.4, 0.5) is 13.2 Å². The second kappa shape index (κ2) is 8.83. The SMILES string of the molecule is COC(CN(C(=O)C(F)(F)F)C(C)P(=O)(OC)OC)n1ccc(=O)[nH]c1=O. The Balaban J connectivity index is 3.37. The van der Waals surface area contributed by atoms with Crippen LogP contribution in [0.1, 0.15) is 13.2 Å². The van der Waals surface area contributed by atoms with Crippen LogP contribution in [0.5, 0.6) is 0 Å². The average molecular weight is 417 g/mol. The summed E-state index contributed by atoms with van der Waals surface area (Å²) in [6.45, 7) is 0.207. The molecule has 0 aliphatic rings. The molecule has 1 aromatic rings. The zero-order chi connectivity index (χ0) is 21.0. The number of aromatic amines is 1. The molecule has 1 aromatic heterocycles. The minimum Gasteiger partial charge on any atom is -0.359 e. The molecular formula is C13H19F3N3O7P. The van der Waals surface area contributed by atoms with E-state index in [2.05, 4.69) is 9.05 Å². The molecule has 2 unspecified atom stereocenters. The molecule has 0 radical (unpaired) electrons. The zero-order valence-electron chi connectivity index (χ0n) is 14.8. The fourth-order valence-corrected chi connectivity index (χ4v) is 3.52. The number of carbonyl (C=O) groups excluding carboxylic acids is 1. The molecule has 1 N–H and O–H groups in total. The number of methoxy groups -OCH3 is 1. The van der Waals surface area contributed by atoms with E-state index in [1.807, 2.05) is 4.98 Å². The minimum absolute atomic E-state index is 0.180. The van der Waals surface area contributed by atoms with Crippen molar-refractivity contribution in [3.05, 3.63) is 33.1 Å². The number of amides is 1. The number of hydrogen-bond donors (Lipinski definition) is 1. The van der Waals surface area contributed by atoms with Gasteiger partial charge in [-0.15, -0.1) is 0 Å². The van der Waals surface area contributed by atoms with Gasteiger partial charge >= 0.3 is 25.4 Å². The first-order chi connectivity index (χ1) is 12.4. The van der Waals surface area contributed by atoms with Gasteiger partial charge in [0.2, 0.25) is 0 Å². The van der Waals surface area contributed by atoms with Crippen LogP contribution in [0.3, 0.4) is 0 Å². The van der Waals surface area contributed by atoms with Crippen molar-refractivity contribution in [2.75, 3.05) is 27.9 Å². The number of hydrogen-bond acceptors (Lipinski definition) is 7. The Kier molecular flexibility index (Phi) is 7.55. The van der Waals surface area contributed by atoms with Crippen LogP contribution in [-0.4, -0.2) is 60.2 Å². The molecule has 0 spiro atoms. The summed E-state index contributed by atoms with van der Waals surface area (Å²) in [6, 6.07) is 0.946. The summed E-state index contributed by atoms with van der Waals surface area (Å²) in [7, 11) is -1.14. The smallest absolute Gasteiger partial charge is 0.359 e. The van der Waals surface area contributed by atoms with E-state index in [-0.39, 0.29) is 4.90 Å². The highest BCUT2D eigenvalue weighted by atomic mass is 31.2. The maximum absolute atomic E-state index is 13.0. The second-order valence-electron chi connectivity index (χ2n) is 5.20. The summed E-state index contributed by atoms with van der Waals surface area (Å²) in [4.78, 5) is 37.0. The van der Waals surface area contributed by atoms with Crippen LogP contribution < -0.4 is 11.2 Å². The molecule has 1 rings (SSSR count). The van der Waals surface area contributed by atoms with E-state index in [1.54, 1.807) is 0 Å². The van der Waals surface area contributed by atoms with Crippen LogP contribution in [0.2, 0.25) is 0 Å². The number of carbonyl (C=O) groups is 1. The van der Waals surface area contributed by atoms with Gasteiger partial charge in [0, 0.05) is 33.6 Å². The third-order valence-electron chi connectivity index (χ3n) is 3.71. The largest absolute Gasteiger partial charge is 0.471 e. The highest BCUT2D eigenvalue weighted by molar-refractivity contribution is 7.54. The van der Waals surface area contributed by atoms with Crippen molar-refractivity contribution >= 4 is 13.5 Å². The van der Waals surface area contributed by atoms with Gasteiger partial charge in [-0.2, -0.15) is 13.2 Å². The van der Waals surface area contributed by atoms with Gasteiger partial charge in [-0.1, -0.05) is 0 Å². The summed E-state index contributed by atoms with van der Waals surface area (Å²) in [6.07, 6.45) is -5.73. The summed E-state index contributed by atoms with van der Waals surface area (Å²) in [5.41, 5.74) is -1.70. The number of rotatable bonds is 8. The first kappa shape index (κ1) is 23.1. The summed E-state index contributed by atoms with van der Waals surface area (Å²) in [5.74, 6) is -3.98. The van der Waals surface area contributed by atoms with E-state index < -0.39 is 49.5 Å². The fourth-order valence-electron chi connectivity index (χ4n) is 2.22. The summed E-state index contributed by atoms with van der Waals surface area (Å²) >= 11 is 0. The number of nitrogens with zero attached hydrogens (tertiary/aromatic N) is 2. The van der Waals surface area contributed by atoms with Gasteiger partial charge in [0.1, 0.15) is 5.78 Å². The topological polar surface area (TPSA) is 120 Å². The molecule has 0 aromatic carbocycles. The van der Waals surface area contributed by atoms with E-state index in [9.17, 15) is 32.1 Å². The molecular weight excluding hydrogens is 398 g/mol. The average Bonchev–Trinajstić information content (AvgIpc) is 2.61. The fraction of sp³-hybridized carbons (Fsp3) is 0.615. The summed E-state index contributed by atoms with van der Waals surface area (Å²) < 4.78 is 66.7. The normalized spacial score (nSPS) is 14.6. The molecule has 27 heavy (non-hydrogen) atoms. The number of aromatic nitrogens is 2. The maximum Gasteiger partial charge on any atom is 0.471 e. The highest BCUT2D eigenvalue weighted by Crippen LogP contribution is 2.53. The molecule has 1 heterocycles. The lowest BCUT2D eigenvalue weighted by Gasteiger charge is -2.35. The molecule has 10 nitrogen and oxygen atoms in total. The van der Waals surface area contributed by atoms with Gasteiger partial charge in [0.05, 0.1) is 6.54 Å². The molecule has 0 fully saturated rings. The van der Waals surface area contributed by atoms with Crippen LogP contribution in [-0.2, 0) is 23.1 Å². The Hall–Kier alpha value is -1.95. The van der Waals surface area contributed by atoms with E-state index in [0.717, 1.165) is 45.1 Å². The second-order valence-corrected chi connectivity index (χ2v) is 7.76. The number of nitrogens with one attached hydrogen (secondary N) is 1. The van der Waals surface area contributed by atoms with Crippen molar-refractivity contribution in [1.29, 1.82) is 0 Å².